The Labute approximate surface area is 199 Å². The first kappa shape index (κ1) is 21.9. The van der Waals surface area contributed by atoms with E-state index in [1.54, 1.807) is 48.1 Å². The molecule has 0 aliphatic carbocycles. The number of rotatable bonds is 5. The molecule has 8 heteroatoms. The predicted octanol–water partition coefficient (Wildman–Crippen LogP) is 5.54. The van der Waals surface area contributed by atoms with Crippen LogP contribution in [0, 0.1) is 19.7 Å². The van der Waals surface area contributed by atoms with Crippen molar-refractivity contribution in [3.05, 3.63) is 111 Å². The molecule has 34 heavy (non-hydrogen) atoms. The standard InChI is InChI=1S/C26H20ClFN4O2/c1-16-14-22(30-32(16)20-11-9-19(28)10-12-20)24-17(2)29-25-23(8-5-13-31(25)26(24)33)34-15-18-6-3-4-7-21(18)27/h3-14H,15H2,1-2H3. The van der Waals surface area contributed by atoms with Gasteiger partial charge in [-0.1, -0.05) is 29.8 Å². The van der Waals surface area contributed by atoms with Gasteiger partial charge in [-0.05, 0) is 62.4 Å². The Hall–Kier alpha value is -3.97. The summed E-state index contributed by atoms with van der Waals surface area (Å²) in [7, 11) is 0. The van der Waals surface area contributed by atoms with E-state index in [0.717, 1.165) is 11.3 Å². The van der Waals surface area contributed by atoms with Crippen molar-refractivity contribution < 1.29 is 9.13 Å². The number of nitrogens with zero attached hydrogens (tertiary/aromatic N) is 4. The Kier molecular flexibility index (Phi) is 5.63. The van der Waals surface area contributed by atoms with Gasteiger partial charge in [-0.2, -0.15) is 5.10 Å². The third kappa shape index (κ3) is 3.95. The highest BCUT2D eigenvalue weighted by Gasteiger charge is 2.18. The summed E-state index contributed by atoms with van der Waals surface area (Å²) in [6.07, 6.45) is 1.65. The molecule has 0 aliphatic rings. The average Bonchev–Trinajstić information content (AvgIpc) is 3.20. The van der Waals surface area contributed by atoms with Gasteiger partial charge in [0.2, 0.25) is 0 Å². The molecule has 0 bridgehead atoms. The van der Waals surface area contributed by atoms with Gasteiger partial charge in [0.15, 0.2) is 11.4 Å². The van der Waals surface area contributed by atoms with Crippen molar-refractivity contribution in [3.63, 3.8) is 0 Å². The van der Waals surface area contributed by atoms with Crippen LogP contribution in [0.4, 0.5) is 4.39 Å². The van der Waals surface area contributed by atoms with Crippen molar-refractivity contribution in [1.29, 1.82) is 0 Å². The molecule has 5 rings (SSSR count). The highest BCUT2D eigenvalue weighted by atomic mass is 35.5. The molecule has 0 unspecified atom stereocenters. The van der Waals surface area contributed by atoms with Crippen molar-refractivity contribution in [2.75, 3.05) is 0 Å². The van der Waals surface area contributed by atoms with E-state index in [-0.39, 0.29) is 18.0 Å². The molecule has 0 saturated carbocycles. The molecule has 0 amide bonds. The minimum Gasteiger partial charge on any atom is -0.485 e. The largest absolute Gasteiger partial charge is 0.485 e. The van der Waals surface area contributed by atoms with Gasteiger partial charge in [-0.25, -0.2) is 14.1 Å². The lowest BCUT2D eigenvalue weighted by Gasteiger charge is -2.12. The van der Waals surface area contributed by atoms with Crippen molar-refractivity contribution in [1.82, 2.24) is 19.2 Å². The fraction of sp³-hybridized carbons (Fsp3) is 0.115. The van der Waals surface area contributed by atoms with Crippen LogP contribution in [0.3, 0.4) is 0 Å². The Bertz CT molecular complexity index is 1570. The lowest BCUT2D eigenvalue weighted by Crippen LogP contribution is -2.19. The second-order valence-corrected chi connectivity index (χ2v) is 8.29. The maximum absolute atomic E-state index is 13.5. The highest BCUT2D eigenvalue weighted by molar-refractivity contribution is 6.31. The van der Waals surface area contributed by atoms with Gasteiger partial charge >= 0.3 is 0 Å². The lowest BCUT2D eigenvalue weighted by molar-refractivity contribution is 0.308. The molecule has 0 N–H and O–H groups in total. The maximum Gasteiger partial charge on any atom is 0.267 e. The zero-order valence-corrected chi connectivity index (χ0v) is 19.3. The number of aromatic nitrogens is 4. The quantitative estimate of drug-likeness (QED) is 0.336. The Morgan fingerprint density at radius 3 is 2.56 bits per heavy atom. The van der Waals surface area contributed by atoms with E-state index in [0.29, 0.717) is 39.1 Å². The van der Waals surface area contributed by atoms with Crippen molar-refractivity contribution in [2.45, 2.75) is 20.5 Å². The highest BCUT2D eigenvalue weighted by Crippen LogP contribution is 2.25. The van der Waals surface area contributed by atoms with E-state index in [1.807, 2.05) is 31.2 Å². The van der Waals surface area contributed by atoms with E-state index < -0.39 is 0 Å². The zero-order valence-electron chi connectivity index (χ0n) is 18.5. The molecule has 6 nitrogen and oxygen atoms in total. The minimum atomic E-state index is -0.325. The molecule has 0 atom stereocenters. The van der Waals surface area contributed by atoms with Crippen molar-refractivity contribution >= 4 is 17.2 Å². The van der Waals surface area contributed by atoms with Crippen molar-refractivity contribution in [2.24, 2.45) is 0 Å². The fourth-order valence-electron chi connectivity index (χ4n) is 3.86. The molecule has 170 valence electrons. The SMILES string of the molecule is Cc1nc2c(OCc3ccccc3Cl)cccn2c(=O)c1-c1cc(C)n(-c2ccc(F)cc2)n1. The molecule has 2 aromatic carbocycles. The lowest BCUT2D eigenvalue weighted by atomic mass is 10.1. The van der Waals surface area contributed by atoms with E-state index in [9.17, 15) is 9.18 Å². The molecule has 0 fully saturated rings. The van der Waals surface area contributed by atoms with Crippen LogP contribution in [0.5, 0.6) is 5.75 Å². The summed E-state index contributed by atoms with van der Waals surface area (Å²) in [5.74, 6) is 0.149. The number of ether oxygens (including phenoxy) is 1. The van der Waals surface area contributed by atoms with Gasteiger partial charge in [0.25, 0.3) is 5.56 Å². The maximum atomic E-state index is 13.5. The molecular formula is C26H20ClFN4O2. The van der Waals surface area contributed by atoms with Crippen molar-refractivity contribution in [3.8, 4) is 22.7 Å². The van der Waals surface area contributed by atoms with Gasteiger partial charge in [0, 0.05) is 22.5 Å². The molecule has 0 saturated heterocycles. The van der Waals surface area contributed by atoms with Crippen LogP contribution in [0.25, 0.3) is 22.6 Å². The molecular weight excluding hydrogens is 455 g/mol. The summed E-state index contributed by atoms with van der Waals surface area (Å²) in [6.45, 7) is 3.90. The molecule has 3 aromatic heterocycles. The predicted molar refractivity (Wildman–Crippen MR) is 129 cm³/mol. The van der Waals surface area contributed by atoms with Crippen LogP contribution in [0.15, 0.2) is 77.7 Å². The first-order valence-corrected chi connectivity index (χ1v) is 11.0. The third-order valence-electron chi connectivity index (χ3n) is 5.56. The molecule has 0 radical (unpaired) electrons. The first-order valence-electron chi connectivity index (χ1n) is 10.6. The number of halogens is 2. The van der Waals surface area contributed by atoms with Crippen LogP contribution < -0.4 is 10.3 Å². The molecule has 0 spiro atoms. The number of aryl methyl sites for hydroxylation is 2. The summed E-state index contributed by atoms with van der Waals surface area (Å²) in [6, 6.07) is 18.8. The molecule has 5 aromatic rings. The number of hydrogen-bond acceptors (Lipinski definition) is 4. The van der Waals surface area contributed by atoms with Gasteiger partial charge in [0.1, 0.15) is 18.1 Å². The van der Waals surface area contributed by atoms with E-state index in [2.05, 4.69) is 10.1 Å². The monoisotopic (exact) mass is 474 g/mol. The summed E-state index contributed by atoms with van der Waals surface area (Å²) in [4.78, 5) is 18.2. The first-order chi connectivity index (χ1) is 16.4. The Morgan fingerprint density at radius 1 is 1.03 bits per heavy atom. The van der Waals surface area contributed by atoms with Gasteiger partial charge in [-0.15, -0.1) is 0 Å². The molecule has 3 heterocycles. The second kappa shape index (κ2) is 8.76. The van der Waals surface area contributed by atoms with Crippen LogP contribution in [0.2, 0.25) is 5.02 Å². The number of hydrogen-bond donors (Lipinski definition) is 0. The summed E-state index contributed by atoms with van der Waals surface area (Å²) >= 11 is 6.24. The Balaban J connectivity index is 1.55. The van der Waals surface area contributed by atoms with Crippen LogP contribution in [0.1, 0.15) is 17.0 Å². The van der Waals surface area contributed by atoms with E-state index in [4.69, 9.17) is 16.3 Å². The van der Waals surface area contributed by atoms with Gasteiger partial charge in [-0.3, -0.25) is 9.20 Å². The normalized spacial score (nSPS) is 11.2. The van der Waals surface area contributed by atoms with E-state index >= 15 is 0 Å². The van der Waals surface area contributed by atoms with Crippen LogP contribution >= 0.6 is 11.6 Å². The smallest absolute Gasteiger partial charge is 0.267 e. The average molecular weight is 475 g/mol. The van der Waals surface area contributed by atoms with Gasteiger partial charge < -0.3 is 4.74 Å². The van der Waals surface area contributed by atoms with Gasteiger partial charge in [0.05, 0.1) is 16.9 Å². The minimum absolute atomic E-state index is 0.247. The number of fused-ring (bicyclic) bond motifs is 1. The third-order valence-corrected chi connectivity index (χ3v) is 5.92. The number of benzene rings is 2. The summed E-state index contributed by atoms with van der Waals surface area (Å²) in [5.41, 5.74) is 3.92. The summed E-state index contributed by atoms with van der Waals surface area (Å²) in [5, 5.41) is 5.22. The zero-order chi connectivity index (χ0) is 23.8. The number of pyridine rings is 1. The van der Waals surface area contributed by atoms with E-state index in [1.165, 1.54) is 16.5 Å². The fourth-order valence-corrected chi connectivity index (χ4v) is 4.05. The molecule has 0 aliphatic heterocycles. The Morgan fingerprint density at radius 2 is 1.79 bits per heavy atom. The van der Waals surface area contributed by atoms with Crippen LogP contribution in [-0.2, 0) is 6.61 Å². The summed E-state index contributed by atoms with van der Waals surface area (Å²) < 4.78 is 22.4. The topological polar surface area (TPSA) is 61.4 Å². The van der Waals surface area contributed by atoms with Crippen LogP contribution in [-0.4, -0.2) is 19.2 Å². The second-order valence-electron chi connectivity index (χ2n) is 7.88.